The van der Waals surface area contributed by atoms with Gasteiger partial charge in [0.15, 0.2) is 0 Å². The van der Waals surface area contributed by atoms with Gasteiger partial charge in [0, 0.05) is 19.1 Å². The minimum atomic E-state index is -0.319. The van der Waals surface area contributed by atoms with E-state index in [9.17, 15) is 9.59 Å². The van der Waals surface area contributed by atoms with Crippen LogP contribution in [0.15, 0.2) is 30.6 Å². The quantitative estimate of drug-likeness (QED) is 0.715. The van der Waals surface area contributed by atoms with Gasteiger partial charge in [-0.1, -0.05) is 12.1 Å². The number of primary amides is 1. The molecule has 1 aromatic heterocycles. The summed E-state index contributed by atoms with van der Waals surface area (Å²) < 4.78 is 1.91. The lowest BCUT2D eigenvalue weighted by atomic mass is 9.87. The standard InChI is InChI=1S/C18H24N6O2/c19-18(26)15-9-14(21-22-15)12-5-7-23(8-6-12)17(25)10-24-11-20-13-3-1-2-4-16(13)24/h1-4,11-12,14-15,21-22H,5-10H2,(H2,19,26). The Morgan fingerprint density at radius 3 is 2.69 bits per heavy atom. The van der Waals surface area contributed by atoms with Crippen molar-refractivity contribution in [1.82, 2.24) is 25.3 Å². The van der Waals surface area contributed by atoms with Crippen molar-refractivity contribution in [2.24, 2.45) is 11.7 Å². The van der Waals surface area contributed by atoms with Crippen LogP contribution in [0.1, 0.15) is 19.3 Å². The van der Waals surface area contributed by atoms with Crippen LogP contribution in [0.3, 0.4) is 0 Å². The number of nitrogens with one attached hydrogen (secondary N) is 2. The van der Waals surface area contributed by atoms with Crippen molar-refractivity contribution >= 4 is 22.8 Å². The molecule has 0 bridgehead atoms. The fraction of sp³-hybridized carbons (Fsp3) is 0.500. The zero-order valence-corrected chi connectivity index (χ0v) is 14.6. The first-order chi connectivity index (χ1) is 12.6. The number of carbonyl (C=O) groups excluding carboxylic acids is 2. The van der Waals surface area contributed by atoms with Crippen LogP contribution in [0.2, 0.25) is 0 Å². The summed E-state index contributed by atoms with van der Waals surface area (Å²) in [6, 6.07) is 7.77. The summed E-state index contributed by atoms with van der Waals surface area (Å²) in [5.41, 5.74) is 13.4. The molecule has 2 aromatic rings. The number of likely N-dealkylation sites (tertiary alicyclic amines) is 1. The van der Waals surface area contributed by atoms with Gasteiger partial charge in [0.2, 0.25) is 11.8 Å². The Hall–Kier alpha value is -2.45. The summed E-state index contributed by atoms with van der Waals surface area (Å²) in [6.07, 6.45) is 4.31. The highest BCUT2D eigenvalue weighted by Crippen LogP contribution is 2.25. The van der Waals surface area contributed by atoms with Gasteiger partial charge in [0.05, 0.1) is 17.4 Å². The summed E-state index contributed by atoms with van der Waals surface area (Å²) in [4.78, 5) is 30.2. The van der Waals surface area contributed by atoms with E-state index in [2.05, 4.69) is 15.8 Å². The molecule has 1 aromatic carbocycles. The number of piperidine rings is 1. The lowest BCUT2D eigenvalue weighted by Crippen LogP contribution is -2.45. The van der Waals surface area contributed by atoms with Gasteiger partial charge >= 0.3 is 0 Å². The Kier molecular flexibility index (Phi) is 4.60. The minimum absolute atomic E-state index is 0.124. The number of carbonyl (C=O) groups is 2. The summed E-state index contributed by atoms with van der Waals surface area (Å²) in [6.45, 7) is 1.81. The van der Waals surface area contributed by atoms with Crippen molar-refractivity contribution in [3.63, 3.8) is 0 Å². The van der Waals surface area contributed by atoms with Gasteiger partial charge in [-0.15, -0.1) is 0 Å². The molecular weight excluding hydrogens is 332 g/mol. The summed E-state index contributed by atoms with van der Waals surface area (Å²) >= 11 is 0. The van der Waals surface area contributed by atoms with Gasteiger partial charge in [-0.2, -0.15) is 0 Å². The number of para-hydroxylation sites is 2. The smallest absolute Gasteiger partial charge is 0.242 e. The van der Waals surface area contributed by atoms with Crippen LogP contribution in [0.25, 0.3) is 11.0 Å². The average molecular weight is 356 g/mol. The molecule has 2 fully saturated rings. The SMILES string of the molecule is NC(=O)C1CC(C2CCN(C(=O)Cn3cnc4ccccc43)CC2)NN1. The third-order valence-electron chi connectivity index (χ3n) is 5.57. The van der Waals surface area contributed by atoms with E-state index in [1.54, 1.807) is 6.33 Å². The highest BCUT2D eigenvalue weighted by molar-refractivity contribution is 5.81. The van der Waals surface area contributed by atoms with Crippen LogP contribution in [-0.4, -0.2) is 51.4 Å². The molecule has 26 heavy (non-hydrogen) atoms. The molecule has 2 aliphatic rings. The zero-order valence-electron chi connectivity index (χ0n) is 14.6. The molecule has 0 saturated carbocycles. The molecule has 0 radical (unpaired) electrons. The molecule has 0 aliphatic carbocycles. The molecule has 3 heterocycles. The van der Waals surface area contributed by atoms with E-state index in [0.717, 1.165) is 43.4 Å². The van der Waals surface area contributed by atoms with E-state index < -0.39 is 0 Å². The number of fused-ring (bicyclic) bond motifs is 1. The number of nitrogens with two attached hydrogens (primary N) is 1. The number of rotatable bonds is 4. The van der Waals surface area contributed by atoms with Gasteiger partial charge in [-0.25, -0.2) is 10.4 Å². The molecule has 4 rings (SSSR count). The summed E-state index contributed by atoms with van der Waals surface area (Å²) in [5.74, 6) is 0.254. The third-order valence-corrected chi connectivity index (χ3v) is 5.57. The largest absolute Gasteiger partial charge is 0.368 e. The predicted molar refractivity (Wildman–Crippen MR) is 96.7 cm³/mol. The Balaban J connectivity index is 1.32. The second-order valence-corrected chi connectivity index (χ2v) is 7.17. The molecular formula is C18H24N6O2. The fourth-order valence-electron chi connectivity index (χ4n) is 4.01. The molecule has 8 nitrogen and oxygen atoms in total. The average Bonchev–Trinajstić information content (AvgIpc) is 3.30. The number of hydrogen-bond acceptors (Lipinski definition) is 5. The number of hydrogen-bond donors (Lipinski definition) is 3. The van der Waals surface area contributed by atoms with E-state index in [0.29, 0.717) is 12.5 Å². The van der Waals surface area contributed by atoms with Gasteiger partial charge in [0.25, 0.3) is 0 Å². The Morgan fingerprint density at radius 2 is 1.96 bits per heavy atom. The molecule has 2 saturated heterocycles. The van der Waals surface area contributed by atoms with Crippen LogP contribution in [0.5, 0.6) is 0 Å². The highest BCUT2D eigenvalue weighted by atomic mass is 16.2. The first kappa shape index (κ1) is 17.0. The maximum absolute atomic E-state index is 12.7. The Bertz CT molecular complexity index is 811. The van der Waals surface area contributed by atoms with Crippen LogP contribution in [0.4, 0.5) is 0 Å². The Morgan fingerprint density at radius 1 is 1.19 bits per heavy atom. The van der Waals surface area contributed by atoms with Crippen molar-refractivity contribution in [3.05, 3.63) is 30.6 Å². The molecule has 2 amide bonds. The lowest BCUT2D eigenvalue weighted by molar-refractivity contribution is -0.133. The molecule has 0 spiro atoms. The maximum atomic E-state index is 12.7. The van der Waals surface area contributed by atoms with Gasteiger partial charge < -0.3 is 15.2 Å². The van der Waals surface area contributed by atoms with Crippen LogP contribution < -0.4 is 16.6 Å². The normalized spacial score (nSPS) is 24.2. The highest BCUT2D eigenvalue weighted by Gasteiger charge is 2.35. The summed E-state index contributed by atoms with van der Waals surface area (Å²) in [5, 5.41) is 0. The zero-order chi connectivity index (χ0) is 18.1. The van der Waals surface area contributed by atoms with E-state index in [1.165, 1.54) is 0 Å². The van der Waals surface area contributed by atoms with E-state index in [1.807, 2.05) is 33.7 Å². The molecule has 8 heteroatoms. The first-order valence-electron chi connectivity index (χ1n) is 9.10. The predicted octanol–water partition coefficient (Wildman–Crippen LogP) is -0.00470. The van der Waals surface area contributed by atoms with E-state index in [4.69, 9.17) is 5.73 Å². The number of aromatic nitrogens is 2. The third kappa shape index (κ3) is 3.30. The molecule has 2 atom stereocenters. The molecule has 4 N–H and O–H groups in total. The first-order valence-corrected chi connectivity index (χ1v) is 9.10. The molecule has 2 aliphatic heterocycles. The van der Waals surface area contributed by atoms with E-state index >= 15 is 0 Å². The van der Waals surface area contributed by atoms with Crippen LogP contribution >= 0.6 is 0 Å². The monoisotopic (exact) mass is 356 g/mol. The second-order valence-electron chi connectivity index (χ2n) is 7.17. The number of hydrazine groups is 1. The van der Waals surface area contributed by atoms with Crippen molar-refractivity contribution in [2.75, 3.05) is 13.1 Å². The van der Waals surface area contributed by atoms with Crippen molar-refractivity contribution < 1.29 is 9.59 Å². The van der Waals surface area contributed by atoms with Gasteiger partial charge in [-0.3, -0.25) is 15.0 Å². The number of imidazole rings is 1. The maximum Gasteiger partial charge on any atom is 0.242 e. The second kappa shape index (κ2) is 7.05. The number of benzene rings is 1. The van der Waals surface area contributed by atoms with E-state index in [-0.39, 0.29) is 23.9 Å². The van der Waals surface area contributed by atoms with Crippen LogP contribution in [0, 0.1) is 5.92 Å². The Labute approximate surface area is 151 Å². The van der Waals surface area contributed by atoms with Crippen molar-refractivity contribution in [1.29, 1.82) is 0 Å². The topological polar surface area (TPSA) is 105 Å². The number of nitrogens with zero attached hydrogens (tertiary/aromatic N) is 3. The van der Waals surface area contributed by atoms with Crippen molar-refractivity contribution in [2.45, 2.75) is 37.9 Å². The molecule has 2 unspecified atom stereocenters. The fourth-order valence-corrected chi connectivity index (χ4v) is 4.01. The van der Waals surface area contributed by atoms with Crippen LogP contribution in [-0.2, 0) is 16.1 Å². The van der Waals surface area contributed by atoms with Gasteiger partial charge in [-0.05, 0) is 37.3 Å². The summed E-state index contributed by atoms with van der Waals surface area (Å²) in [7, 11) is 0. The van der Waals surface area contributed by atoms with Crippen molar-refractivity contribution in [3.8, 4) is 0 Å². The number of amides is 2. The molecule has 138 valence electrons. The van der Waals surface area contributed by atoms with Gasteiger partial charge in [0.1, 0.15) is 12.6 Å². The lowest BCUT2D eigenvalue weighted by Gasteiger charge is -2.34. The minimum Gasteiger partial charge on any atom is -0.368 e.